The molecule has 27 heavy (non-hydrogen) atoms. The minimum Gasteiger partial charge on any atom is -0.497 e. The number of nitrogens with zero attached hydrogens (tertiary/aromatic N) is 1. The lowest BCUT2D eigenvalue weighted by atomic mass is 10.2. The van der Waals surface area contributed by atoms with E-state index in [9.17, 15) is 13.2 Å². The second kappa shape index (κ2) is 9.38. The summed E-state index contributed by atoms with van der Waals surface area (Å²) in [5, 5.41) is 2.74. The zero-order valence-electron chi connectivity index (χ0n) is 15.6. The molecule has 2 aromatic rings. The van der Waals surface area contributed by atoms with E-state index >= 15 is 0 Å². The number of rotatable bonds is 9. The van der Waals surface area contributed by atoms with Crippen LogP contribution in [-0.4, -0.2) is 52.2 Å². The molecule has 0 aliphatic carbocycles. The molecule has 2 aromatic carbocycles. The van der Waals surface area contributed by atoms with E-state index in [2.05, 4.69) is 5.32 Å². The topological polar surface area (TPSA) is 84.9 Å². The van der Waals surface area contributed by atoms with Gasteiger partial charge >= 0.3 is 0 Å². The van der Waals surface area contributed by atoms with Gasteiger partial charge in [0, 0.05) is 19.6 Å². The van der Waals surface area contributed by atoms with Crippen molar-refractivity contribution in [2.24, 2.45) is 0 Å². The average Bonchev–Trinajstić information content (AvgIpc) is 2.66. The van der Waals surface area contributed by atoms with Crippen LogP contribution in [0.2, 0.25) is 0 Å². The predicted octanol–water partition coefficient (Wildman–Crippen LogP) is 1.90. The average molecular weight is 392 g/mol. The van der Waals surface area contributed by atoms with Gasteiger partial charge in [-0.15, -0.1) is 0 Å². The Kier molecular flexibility index (Phi) is 7.20. The first-order valence-electron chi connectivity index (χ1n) is 8.34. The smallest absolute Gasteiger partial charge is 0.255 e. The summed E-state index contributed by atoms with van der Waals surface area (Å²) in [6.07, 6.45) is 1.15. The highest BCUT2D eigenvalue weighted by atomic mass is 32.2. The number of para-hydroxylation sites is 1. The number of benzene rings is 2. The van der Waals surface area contributed by atoms with Crippen LogP contribution in [0.15, 0.2) is 48.5 Å². The third-order valence-corrected chi connectivity index (χ3v) is 5.24. The zero-order chi connectivity index (χ0) is 19.9. The van der Waals surface area contributed by atoms with Crippen LogP contribution in [0, 0.1) is 0 Å². The van der Waals surface area contributed by atoms with E-state index in [1.165, 1.54) is 11.4 Å². The summed E-state index contributed by atoms with van der Waals surface area (Å²) in [6.45, 7) is 0.555. The van der Waals surface area contributed by atoms with Gasteiger partial charge in [-0.2, -0.15) is 4.31 Å². The van der Waals surface area contributed by atoms with Gasteiger partial charge in [0.05, 0.1) is 26.0 Å². The normalized spacial score (nSPS) is 11.3. The Morgan fingerprint density at radius 1 is 1.04 bits per heavy atom. The van der Waals surface area contributed by atoms with Crippen molar-refractivity contribution in [2.75, 3.05) is 33.6 Å². The van der Waals surface area contributed by atoms with Gasteiger partial charge in [0.2, 0.25) is 10.0 Å². The molecule has 0 heterocycles. The van der Waals surface area contributed by atoms with Crippen LogP contribution < -0.4 is 14.8 Å². The second-order valence-electron chi connectivity index (χ2n) is 5.90. The van der Waals surface area contributed by atoms with Gasteiger partial charge in [0.15, 0.2) is 0 Å². The lowest BCUT2D eigenvalue weighted by Crippen LogP contribution is -2.37. The van der Waals surface area contributed by atoms with Crippen LogP contribution in [0.5, 0.6) is 11.5 Å². The summed E-state index contributed by atoms with van der Waals surface area (Å²) < 4.78 is 35.7. The molecule has 0 atom stereocenters. The highest BCUT2D eigenvalue weighted by molar-refractivity contribution is 7.88. The van der Waals surface area contributed by atoms with E-state index in [4.69, 9.17) is 9.47 Å². The standard InChI is InChI=1S/C19H24N2O5S/c1-25-16-10-8-15(9-11-16)14-21(27(3,23)24)13-12-20-19(22)17-6-4-5-7-18(17)26-2/h4-11H,12-14H2,1-3H3,(H,20,22). The number of sulfonamides is 1. The van der Waals surface area contributed by atoms with Crippen molar-refractivity contribution in [2.45, 2.75) is 6.54 Å². The molecule has 0 aromatic heterocycles. The molecule has 0 aliphatic heterocycles. The molecule has 0 aliphatic rings. The third-order valence-electron chi connectivity index (χ3n) is 3.99. The number of carbonyl (C=O) groups is 1. The minimum absolute atomic E-state index is 0.158. The van der Waals surface area contributed by atoms with E-state index in [1.54, 1.807) is 43.5 Å². The van der Waals surface area contributed by atoms with Crippen molar-refractivity contribution in [1.82, 2.24) is 9.62 Å². The van der Waals surface area contributed by atoms with E-state index in [0.29, 0.717) is 17.1 Å². The summed E-state index contributed by atoms with van der Waals surface area (Å²) in [5.41, 5.74) is 1.23. The first-order chi connectivity index (χ1) is 12.8. The van der Waals surface area contributed by atoms with Gasteiger partial charge in [-0.1, -0.05) is 24.3 Å². The van der Waals surface area contributed by atoms with Crippen molar-refractivity contribution in [3.05, 3.63) is 59.7 Å². The maximum absolute atomic E-state index is 12.3. The monoisotopic (exact) mass is 392 g/mol. The van der Waals surface area contributed by atoms with E-state index in [1.807, 2.05) is 12.1 Å². The summed E-state index contributed by atoms with van der Waals surface area (Å²) in [5.74, 6) is 0.854. The van der Waals surface area contributed by atoms with Crippen molar-refractivity contribution in [3.63, 3.8) is 0 Å². The molecule has 7 nitrogen and oxygen atoms in total. The molecule has 0 saturated heterocycles. The zero-order valence-corrected chi connectivity index (χ0v) is 16.5. The minimum atomic E-state index is -3.43. The summed E-state index contributed by atoms with van der Waals surface area (Å²) in [6, 6.07) is 14.0. The van der Waals surface area contributed by atoms with E-state index in [0.717, 1.165) is 11.8 Å². The van der Waals surface area contributed by atoms with Crippen LogP contribution in [-0.2, 0) is 16.6 Å². The molecule has 0 saturated carbocycles. The molecule has 146 valence electrons. The molecule has 0 bridgehead atoms. The molecule has 0 unspecified atom stereocenters. The van der Waals surface area contributed by atoms with Gasteiger partial charge < -0.3 is 14.8 Å². The number of ether oxygens (including phenoxy) is 2. The highest BCUT2D eigenvalue weighted by Gasteiger charge is 2.18. The van der Waals surface area contributed by atoms with Crippen molar-refractivity contribution < 1.29 is 22.7 Å². The molecule has 1 amide bonds. The third kappa shape index (κ3) is 5.97. The summed E-state index contributed by atoms with van der Waals surface area (Å²) in [7, 11) is -0.364. The quantitative estimate of drug-likeness (QED) is 0.705. The Morgan fingerprint density at radius 2 is 1.70 bits per heavy atom. The molecule has 2 rings (SSSR count). The van der Waals surface area contributed by atoms with Crippen molar-refractivity contribution >= 4 is 15.9 Å². The van der Waals surface area contributed by atoms with Gasteiger partial charge in [-0.25, -0.2) is 8.42 Å². The van der Waals surface area contributed by atoms with Gasteiger partial charge in [-0.3, -0.25) is 4.79 Å². The van der Waals surface area contributed by atoms with Crippen LogP contribution >= 0.6 is 0 Å². The fourth-order valence-corrected chi connectivity index (χ4v) is 3.32. The molecule has 8 heteroatoms. The molecule has 0 fully saturated rings. The lowest BCUT2D eigenvalue weighted by molar-refractivity contribution is 0.0948. The number of hydrogen-bond donors (Lipinski definition) is 1. The number of nitrogens with one attached hydrogen (secondary N) is 1. The molecular formula is C19H24N2O5S. The Labute approximate surface area is 160 Å². The number of hydrogen-bond acceptors (Lipinski definition) is 5. The van der Waals surface area contributed by atoms with Gasteiger partial charge in [0.25, 0.3) is 5.91 Å². The summed E-state index contributed by atoms with van der Waals surface area (Å²) >= 11 is 0. The van der Waals surface area contributed by atoms with Crippen molar-refractivity contribution in [1.29, 1.82) is 0 Å². The first-order valence-corrected chi connectivity index (χ1v) is 10.2. The predicted molar refractivity (Wildman–Crippen MR) is 104 cm³/mol. The fraction of sp³-hybridized carbons (Fsp3) is 0.316. The van der Waals surface area contributed by atoms with Gasteiger partial charge in [-0.05, 0) is 29.8 Å². The van der Waals surface area contributed by atoms with Crippen molar-refractivity contribution in [3.8, 4) is 11.5 Å². The second-order valence-corrected chi connectivity index (χ2v) is 7.88. The SMILES string of the molecule is COc1ccc(CN(CCNC(=O)c2ccccc2OC)S(C)(=O)=O)cc1. The fourth-order valence-electron chi connectivity index (χ4n) is 2.52. The number of carbonyl (C=O) groups excluding carboxylic acids is 1. The first kappa shape index (κ1) is 20.7. The Morgan fingerprint density at radius 3 is 2.30 bits per heavy atom. The van der Waals surface area contributed by atoms with Crippen LogP contribution in [0.1, 0.15) is 15.9 Å². The van der Waals surface area contributed by atoms with Crippen LogP contribution in [0.25, 0.3) is 0 Å². The van der Waals surface area contributed by atoms with E-state index in [-0.39, 0.29) is 25.5 Å². The Bertz CT molecular complexity index is 866. The largest absolute Gasteiger partial charge is 0.497 e. The Balaban J connectivity index is 1.99. The number of methoxy groups -OCH3 is 2. The molecule has 0 radical (unpaired) electrons. The Hall–Kier alpha value is -2.58. The van der Waals surface area contributed by atoms with E-state index < -0.39 is 10.0 Å². The van der Waals surface area contributed by atoms with Crippen LogP contribution in [0.4, 0.5) is 0 Å². The highest BCUT2D eigenvalue weighted by Crippen LogP contribution is 2.17. The molecular weight excluding hydrogens is 368 g/mol. The molecule has 0 spiro atoms. The molecule has 1 N–H and O–H groups in total. The number of amides is 1. The maximum atomic E-state index is 12.3. The van der Waals surface area contributed by atoms with Gasteiger partial charge in [0.1, 0.15) is 11.5 Å². The van der Waals surface area contributed by atoms with Crippen LogP contribution in [0.3, 0.4) is 0 Å². The maximum Gasteiger partial charge on any atom is 0.255 e. The lowest BCUT2D eigenvalue weighted by Gasteiger charge is -2.20. The summed E-state index contributed by atoms with van der Waals surface area (Å²) in [4.78, 5) is 12.3.